The van der Waals surface area contributed by atoms with Crippen LogP contribution in [0.3, 0.4) is 0 Å². The van der Waals surface area contributed by atoms with Gasteiger partial charge in [0.15, 0.2) is 0 Å². The quantitative estimate of drug-likeness (QED) is 0.733. The van der Waals surface area contributed by atoms with Crippen LogP contribution in [-0.2, 0) is 4.79 Å². The van der Waals surface area contributed by atoms with Gasteiger partial charge in [0.2, 0.25) is 5.91 Å². The molecule has 1 aliphatic rings. The van der Waals surface area contributed by atoms with Crippen molar-refractivity contribution in [3.63, 3.8) is 0 Å². The largest absolute Gasteiger partial charge is 0.334 e. The van der Waals surface area contributed by atoms with Gasteiger partial charge in [-0.25, -0.2) is 0 Å². The van der Waals surface area contributed by atoms with Crippen molar-refractivity contribution in [2.75, 3.05) is 6.54 Å². The van der Waals surface area contributed by atoms with Gasteiger partial charge in [-0.3, -0.25) is 9.89 Å². The molecule has 76 valence electrons. The molecule has 1 amide bonds. The van der Waals surface area contributed by atoms with Crippen molar-refractivity contribution in [3.8, 4) is 0 Å². The Morgan fingerprint density at radius 2 is 2.50 bits per heavy atom. The number of carbonyl (C=O) groups is 1. The summed E-state index contributed by atoms with van der Waals surface area (Å²) in [5, 5.41) is 6.99. The molecule has 2 heterocycles. The summed E-state index contributed by atoms with van der Waals surface area (Å²) in [7, 11) is 0. The second-order valence-electron chi connectivity index (χ2n) is 3.84. The Kier molecular flexibility index (Phi) is 2.27. The first-order valence-electron chi connectivity index (χ1n) is 4.97. The van der Waals surface area contributed by atoms with Crippen LogP contribution in [-0.4, -0.2) is 27.5 Å². The van der Waals surface area contributed by atoms with Crippen LogP contribution in [0.1, 0.15) is 37.1 Å². The second-order valence-corrected chi connectivity index (χ2v) is 3.84. The molecule has 0 aromatic carbocycles. The van der Waals surface area contributed by atoms with Crippen molar-refractivity contribution in [2.45, 2.75) is 32.7 Å². The summed E-state index contributed by atoms with van der Waals surface area (Å²) >= 11 is 0. The third kappa shape index (κ3) is 1.41. The highest BCUT2D eigenvalue weighted by Gasteiger charge is 2.29. The number of hydrogen-bond acceptors (Lipinski definition) is 2. The molecule has 14 heavy (non-hydrogen) atoms. The molecule has 1 aliphatic heterocycles. The second kappa shape index (κ2) is 3.44. The number of aromatic amines is 1. The molecule has 0 aliphatic carbocycles. The van der Waals surface area contributed by atoms with Gasteiger partial charge in [-0.1, -0.05) is 0 Å². The maximum absolute atomic E-state index is 11.4. The number of H-pyrrole nitrogens is 1. The van der Waals surface area contributed by atoms with Crippen LogP contribution in [0.15, 0.2) is 6.20 Å². The molecule has 1 N–H and O–H groups in total. The minimum Gasteiger partial charge on any atom is -0.334 e. The van der Waals surface area contributed by atoms with E-state index in [1.807, 2.05) is 18.0 Å². The number of amides is 1. The van der Waals surface area contributed by atoms with E-state index >= 15 is 0 Å². The van der Waals surface area contributed by atoms with Gasteiger partial charge >= 0.3 is 0 Å². The van der Waals surface area contributed by atoms with Gasteiger partial charge in [-0.2, -0.15) is 5.10 Å². The monoisotopic (exact) mass is 193 g/mol. The summed E-state index contributed by atoms with van der Waals surface area (Å²) in [5.74, 6) is 0.154. The molecule has 1 atom stereocenters. The van der Waals surface area contributed by atoms with Crippen LogP contribution in [0.2, 0.25) is 0 Å². The zero-order valence-electron chi connectivity index (χ0n) is 8.58. The summed E-state index contributed by atoms with van der Waals surface area (Å²) in [6.07, 6.45) is 3.94. The maximum Gasteiger partial charge on any atom is 0.220 e. The number of aromatic nitrogens is 2. The van der Waals surface area contributed by atoms with Crippen molar-refractivity contribution >= 4 is 5.91 Å². The van der Waals surface area contributed by atoms with Crippen LogP contribution in [0.4, 0.5) is 0 Å². The zero-order valence-corrected chi connectivity index (χ0v) is 8.58. The fourth-order valence-corrected chi connectivity index (χ4v) is 2.14. The minimum absolute atomic E-state index is 0.154. The molecular formula is C10H15N3O. The van der Waals surface area contributed by atoms with E-state index in [1.54, 1.807) is 6.92 Å². The highest BCUT2D eigenvalue weighted by atomic mass is 16.2. The Morgan fingerprint density at radius 1 is 1.71 bits per heavy atom. The van der Waals surface area contributed by atoms with E-state index in [0.717, 1.165) is 30.6 Å². The summed E-state index contributed by atoms with van der Waals surface area (Å²) in [5.41, 5.74) is 2.24. The normalized spacial score (nSPS) is 21.6. The van der Waals surface area contributed by atoms with Crippen LogP contribution in [0.5, 0.6) is 0 Å². The molecule has 0 bridgehead atoms. The Morgan fingerprint density at radius 3 is 3.07 bits per heavy atom. The van der Waals surface area contributed by atoms with Gasteiger partial charge in [-0.05, 0) is 25.3 Å². The number of nitrogens with one attached hydrogen (secondary N) is 1. The van der Waals surface area contributed by atoms with Crippen molar-refractivity contribution in [1.29, 1.82) is 0 Å². The van der Waals surface area contributed by atoms with Crippen molar-refractivity contribution < 1.29 is 4.79 Å². The van der Waals surface area contributed by atoms with Gasteiger partial charge < -0.3 is 4.90 Å². The van der Waals surface area contributed by atoms with E-state index in [2.05, 4.69) is 10.2 Å². The van der Waals surface area contributed by atoms with Gasteiger partial charge in [0.1, 0.15) is 0 Å². The fraction of sp³-hybridized carbons (Fsp3) is 0.600. The van der Waals surface area contributed by atoms with Gasteiger partial charge in [0.05, 0.1) is 17.9 Å². The Balaban J connectivity index is 2.26. The van der Waals surface area contributed by atoms with Crippen LogP contribution in [0, 0.1) is 6.92 Å². The first kappa shape index (κ1) is 9.24. The third-order valence-electron chi connectivity index (χ3n) is 2.86. The predicted octanol–water partition coefficient (Wildman–Crippen LogP) is 1.40. The highest BCUT2D eigenvalue weighted by molar-refractivity contribution is 5.74. The number of nitrogens with zero attached hydrogens (tertiary/aromatic N) is 2. The average molecular weight is 193 g/mol. The Hall–Kier alpha value is -1.32. The maximum atomic E-state index is 11.4. The lowest BCUT2D eigenvalue weighted by molar-refractivity contribution is -0.129. The predicted molar refractivity (Wildman–Crippen MR) is 52.7 cm³/mol. The molecule has 0 spiro atoms. The lowest BCUT2D eigenvalue weighted by Crippen LogP contribution is -2.28. The number of rotatable bonds is 1. The molecule has 1 fully saturated rings. The van der Waals surface area contributed by atoms with E-state index in [0.29, 0.717) is 0 Å². The Labute approximate surface area is 83.3 Å². The average Bonchev–Trinajstić information content (AvgIpc) is 2.70. The number of carbonyl (C=O) groups excluding carboxylic acids is 1. The molecule has 1 saturated heterocycles. The van der Waals surface area contributed by atoms with E-state index in [4.69, 9.17) is 0 Å². The summed E-state index contributed by atoms with van der Waals surface area (Å²) < 4.78 is 0. The lowest BCUT2D eigenvalue weighted by Gasteiger charge is -2.22. The fourth-order valence-electron chi connectivity index (χ4n) is 2.14. The zero-order chi connectivity index (χ0) is 10.1. The lowest BCUT2D eigenvalue weighted by atomic mass is 10.1. The number of aryl methyl sites for hydroxylation is 1. The van der Waals surface area contributed by atoms with Crippen molar-refractivity contribution in [1.82, 2.24) is 15.1 Å². The van der Waals surface area contributed by atoms with Crippen molar-refractivity contribution in [3.05, 3.63) is 17.5 Å². The SMILES string of the molecule is CC(=O)N1CCC[C@@H]1c1[nH]ncc1C. The molecule has 1 aromatic heterocycles. The summed E-state index contributed by atoms with van der Waals surface area (Å²) in [4.78, 5) is 13.3. The molecular weight excluding hydrogens is 178 g/mol. The highest BCUT2D eigenvalue weighted by Crippen LogP contribution is 2.31. The van der Waals surface area contributed by atoms with Crippen LogP contribution in [0.25, 0.3) is 0 Å². The van der Waals surface area contributed by atoms with Crippen molar-refractivity contribution in [2.24, 2.45) is 0 Å². The van der Waals surface area contributed by atoms with E-state index < -0.39 is 0 Å². The minimum atomic E-state index is 0.154. The van der Waals surface area contributed by atoms with Gasteiger partial charge in [-0.15, -0.1) is 0 Å². The van der Waals surface area contributed by atoms with Crippen LogP contribution >= 0.6 is 0 Å². The first-order valence-corrected chi connectivity index (χ1v) is 4.97. The third-order valence-corrected chi connectivity index (χ3v) is 2.86. The topological polar surface area (TPSA) is 49.0 Å². The molecule has 0 radical (unpaired) electrons. The van der Waals surface area contributed by atoms with Gasteiger partial charge in [0, 0.05) is 13.5 Å². The molecule has 4 nitrogen and oxygen atoms in total. The summed E-state index contributed by atoms with van der Waals surface area (Å²) in [6.45, 7) is 4.53. The first-order chi connectivity index (χ1) is 6.70. The van der Waals surface area contributed by atoms with Crippen LogP contribution < -0.4 is 0 Å². The molecule has 0 saturated carbocycles. The number of hydrogen-bond donors (Lipinski definition) is 1. The van der Waals surface area contributed by atoms with E-state index in [1.165, 1.54) is 0 Å². The molecule has 4 heteroatoms. The number of likely N-dealkylation sites (tertiary alicyclic amines) is 1. The Bertz CT molecular complexity index is 345. The van der Waals surface area contributed by atoms with E-state index in [-0.39, 0.29) is 11.9 Å². The molecule has 1 aromatic rings. The standard InChI is InChI=1S/C10H15N3O/c1-7-6-11-12-10(7)9-4-3-5-13(9)8(2)14/h6,9H,3-5H2,1-2H3,(H,11,12)/t9-/m1/s1. The smallest absolute Gasteiger partial charge is 0.220 e. The van der Waals surface area contributed by atoms with E-state index in [9.17, 15) is 4.79 Å². The molecule has 2 rings (SSSR count). The summed E-state index contributed by atoms with van der Waals surface area (Å²) in [6, 6.07) is 0.218. The van der Waals surface area contributed by atoms with Gasteiger partial charge in [0.25, 0.3) is 0 Å². The molecule has 0 unspecified atom stereocenters.